The van der Waals surface area contributed by atoms with E-state index in [0.29, 0.717) is 17.3 Å². The van der Waals surface area contributed by atoms with E-state index < -0.39 is 18.0 Å². The van der Waals surface area contributed by atoms with Crippen LogP contribution >= 0.6 is 11.3 Å². The number of nitrogens with zero attached hydrogens (tertiary/aromatic N) is 2. The van der Waals surface area contributed by atoms with Crippen LogP contribution in [0, 0.1) is 30.1 Å². The average molecular weight is 433 g/mol. The molecule has 3 aromatic rings. The molecule has 0 saturated carbocycles. The largest absolute Gasteiger partial charge is 0.440 e. The topological polar surface area (TPSA) is 72.2 Å². The third-order valence-electron chi connectivity index (χ3n) is 4.54. The number of esters is 1. The number of nitriles is 1. The van der Waals surface area contributed by atoms with Gasteiger partial charge in [0.15, 0.2) is 0 Å². The molecule has 0 spiro atoms. The Hall–Kier alpha value is -3.43. The molecule has 3 rings (SSSR count). The fourth-order valence-corrected chi connectivity index (χ4v) is 3.70. The van der Waals surface area contributed by atoms with Gasteiger partial charge in [-0.2, -0.15) is 5.26 Å². The van der Waals surface area contributed by atoms with Gasteiger partial charge in [-0.25, -0.2) is 4.98 Å². The van der Waals surface area contributed by atoms with Crippen LogP contribution in [0.25, 0.3) is 6.08 Å². The molecule has 6 heteroatoms. The van der Waals surface area contributed by atoms with Crippen molar-refractivity contribution in [1.82, 2.24) is 4.98 Å². The number of carbonyl (C=O) groups excluding carboxylic acids is 1. The summed E-state index contributed by atoms with van der Waals surface area (Å²) in [6.07, 6.45) is 2.65. The molecule has 5 nitrogen and oxygen atoms in total. The first kappa shape index (κ1) is 22.3. The van der Waals surface area contributed by atoms with E-state index >= 15 is 0 Å². The number of hydrogen-bond donors (Lipinski definition) is 0. The molecule has 2 atom stereocenters. The number of carbonyl (C=O) groups is 1. The minimum Gasteiger partial charge on any atom is -0.440 e. The van der Waals surface area contributed by atoms with Crippen molar-refractivity contribution in [3.05, 3.63) is 82.2 Å². The van der Waals surface area contributed by atoms with Gasteiger partial charge in [-0.15, -0.1) is 11.3 Å². The summed E-state index contributed by atoms with van der Waals surface area (Å²) in [6, 6.07) is 18.4. The minimum absolute atomic E-state index is 0.0184. The van der Waals surface area contributed by atoms with Gasteiger partial charge in [0.2, 0.25) is 12.0 Å². The Bertz CT molecular complexity index is 1080. The smallest absolute Gasteiger partial charge is 0.314 e. The predicted octanol–water partition coefficient (Wildman–Crippen LogP) is 6.34. The summed E-state index contributed by atoms with van der Waals surface area (Å²) in [6.45, 7) is 5.93. The third-order valence-corrected chi connectivity index (χ3v) is 5.56. The van der Waals surface area contributed by atoms with Gasteiger partial charge >= 0.3 is 5.97 Å². The number of aromatic nitrogens is 1. The number of pyridine rings is 1. The summed E-state index contributed by atoms with van der Waals surface area (Å²) >= 11 is 1.62. The highest BCUT2D eigenvalue weighted by Gasteiger charge is 2.26. The number of hydrogen-bond acceptors (Lipinski definition) is 6. The van der Waals surface area contributed by atoms with Crippen molar-refractivity contribution in [2.75, 3.05) is 0 Å². The molecule has 0 amide bonds. The first-order valence-corrected chi connectivity index (χ1v) is 10.9. The van der Waals surface area contributed by atoms with Gasteiger partial charge < -0.3 is 9.47 Å². The Morgan fingerprint density at radius 2 is 1.94 bits per heavy atom. The minimum atomic E-state index is -1.12. The van der Waals surface area contributed by atoms with Gasteiger partial charge in [-0.3, -0.25) is 4.79 Å². The second kappa shape index (κ2) is 10.6. The standard InChI is InChI=1S/C25H24N2O3S/c1-17(2)21(13-12-20-14-18(3)16-31-20)25(28)30-23(15-26)22-10-7-11-24(27-22)29-19-8-5-4-6-9-19/h4-14,16-17,21,23H,1-3H3. The number of thiophene rings is 1. The van der Waals surface area contributed by atoms with E-state index in [1.807, 2.05) is 69.3 Å². The zero-order valence-corrected chi connectivity index (χ0v) is 18.5. The van der Waals surface area contributed by atoms with E-state index in [2.05, 4.69) is 16.4 Å². The molecular formula is C25H24N2O3S. The van der Waals surface area contributed by atoms with Crippen LogP contribution in [0.3, 0.4) is 0 Å². The van der Waals surface area contributed by atoms with Crippen LogP contribution in [-0.4, -0.2) is 11.0 Å². The van der Waals surface area contributed by atoms with E-state index in [9.17, 15) is 10.1 Å². The van der Waals surface area contributed by atoms with Gasteiger partial charge in [0.05, 0.1) is 11.6 Å². The van der Waals surface area contributed by atoms with Crippen LogP contribution in [0.4, 0.5) is 0 Å². The number of ether oxygens (including phenoxy) is 2. The SMILES string of the molecule is Cc1csc(C=CC(C(=O)OC(C#N)c2cccc(Oc3ccccc3)n2)C(C)C)c1. The van der Waals surface area contributed by atoms with Gasteiger partial charge in [-0.05, 0) is 54.1 Å². The van der Waals surface area contributed by atoms with Crippen LogP contribution in [-0.2, 0) is 9.53 Å². The lowest BCUT2D eigenvalue weighted by atomic mass is 9.95. The monoisotopic (exact) mass is 432 g/mol. The summed E-state index contributed by atoms with van der Waals surface area (Å²) in [4.78, 5) is 18.3. The molecule has 0 saturated heterocycles. The Labute approximate surface area is 186 Å². The number of benzene rings is 1. The molecule has 0 aliphatic carbocycles. The second-order valence-corrected chi connectivity index (χ2v) is 8.36. The molecule has 158 valence electrons. The highest BCUT2D eigenvalue weighted by molar-refractivity contribution is 7.11. The zero-order valence-electron chi connectivity index (χ0n) is 17.7. The quantitative estimate of drug-likeness (QED) is 0.389. The third kappa shape index (κ3) is 6.27. The Morgan fingerprint density at radius 1 is 1.16 bits per heavy atom. The zero-order chi connectivity index (χ0) is 22.2. The van der Waals surface area contributed by atoms with Crippen molar-refractivity contribution in [3.63, 3.8) is 0 Å². The van der Waals surface area contributed by atoms with Gasteiger partial charge in [0, 0.05) is 10.9 Å². The normalized spacial score (nSPS) is 13.0. The average Bonchev–Trinajstić information content (AvgIpc) is 3.18. The van der Waals surface area contributed by atoms with Crippen molar-refractivity contribution >= 4 is 23.4 Å². The first-order chi connectivity index (χ1) is 15.0. The summed E-state index contributed by atoms with van der Waals surface area (Å²) in [5.74, 6) is 0.0500. The molecule has 0 aliphatic heterocycles. The Morgan fingerprint density at radius 3 is 2.58 bits per heavy atom. The van der Waals surface area contributed by atoms with Gasteiger partial charge in [0.1, 0.15) is 11.8 Å². The fourth-order valence-electron chi connectivity index (χ4n) is 2.90. The lowest BCUT2D eigenvalue weighted by molar-refractivity contribution is -0.151. The molecule has 1 aromatic carbocycles. The van der Waals surface area contributed by atoms with E-state index in [0.717, 1.165) is 4.88 Å². The number of rotatable bonds is 8. The van der Waals surface area contributed by atoms with E-state index in [-0.39, 0.29) is 5.92 Å². The molecule has 2 aromatic heterocycles. The van der Waals surface area contributed by atoms with Crippen molar-refractivity contribution in [2.24, 2.45) is 11.8 Å². The van der Waals surface area contributed by atoms with E-state index in [4.69, 9.17) is 9.47 Å². The molecule has 0 aliphatic rings. The number of aryl methyl sites for hydroxylation is 1. The van der Waals surface area contributed by atoms with Crippen LogP contribution in [0.2, 0.25) is 0 Å². The van der Waals surface area contributed by atoms with Gasteiger partial charge in [0.25, 0.3) is 0 Å². The van der Waals surface area contributed by atoms with Gasteiger partial charge in [-0.1, -0.05) is 44.2 Å². The van der Waals surface area contributed by atoms with E-state index in [1.54, 1.807) is 29.5 Å². The van der Waals surface area contributed by atoms with Crippen LogP contribution in [0.5, 0.6) is 11.6 Å². The lowest BCUT2D eigenvalue weighted by Crippen LogP contribution is -2.23. The molecule has 2 heterocycles. The number of para-hydroxylation sites is 1. The van der Waals surface area contributed by atoms with Crippen molar-refractivity contribution in [3.8, 4) is 17.7 Å². The maximum Gasteiger partial charge on any atom is 0.314 e. The summed E-state index contributed by atoms with van der Waals surface area (Å²) in [7, 11) is 0. The molecule has 0 radical (unpaired) electrons. The summed E-state index contributed by atoms with van der Waals surface area (Å²) in [5, 5.41) is 11.7. The van der Waals surface area contributed by atoms with Crippen molar-refractivity contribution in [2.45, 2.75) is 26.9 Å². The Kier molecular flexibility index (Phi) is 7.58. The predicted molar refractivity (Wildman–Crippen MR) is 122 cm³/mol. The van der Waals surface area contributed by atoms with Crippen LogP contribution in [0.15, 0.2) is 66.1 Å². The molecule has 0 N–H and O–H groups in total. The highest BCUT2D eigenvalue weighted by atomic mass is 32.1. The highest BCUT2D eigenvalue weighted by Crippen LogP contribution is 2.25. The molecular weight excluding hydrogens is 408 g/mol. The fraction of sp³-hybridized carbons (Fsp3) is 0.240. The van der Waals surface area contributed by atoms with Crippen molar-refractivity contribution < 1.29 is 14.3 Å². The first-order valence-electron chi connectivity index (χ1n) is 9.99. The Balaban J connectivity index is 1.73. The molecule has 2 unspecified atom stereocenters. The van der Waals surface area contributed by atoms with Crippen LogP contribution in [0.1, 0.15) is 36.1 Å². The lowest BCUT2D eigenvalue weighted by Gasteiger charge is -2.18. The van der Waals surface area contributed by atoms with Crippen LogP contribution < -0.4 is 4.74 Å². The summed E-state index contributed by atoms with van der Waals surface area (Å²) in [5.41, 5.74) is 1.51. The second-order valence-electron chi connectivity index (χ2n) is 7.42. The maximum absolute atomic E-state index is 12.8. The molecule has 0 fully saturated rings. The molecule has 31 heavy (non-hydrogen) atoms. The summed E-state index contributed by atoms with van der Waals surface area (Å²) < 4.78 is 11.3. The van der Waals surface area contributed by atoms with Crippen molar-refractivity contribution in [1.29, 1.82) is 5.26 Å². The van der Waals surface area contributed by atoms with E-state index in [1.165, 1.54) is 5.56 Å². The maximum atomic E-state index is 12.8. The molecule has 0 bridgehead atoms.